The summed E-state index contributed by atoms with van der Waals surface area (Å²) in [7, 11) is 1.58. The second-order valence-electron chi connectivity index (χ2n) is 8.25. The lowest BCUT2D eigenvalue weighted by atomic mass is 9.82. The molecule has 0 spiro atoms. The topological polar surface area (TPSA) is 71.3 Å². The number of hydrogen-bond acceptors (Lipinski definition) is 4. The van der Waals surface area contributed by atoms with Gasteiger partial charge in [0.15, 0.2) is 0 Å². The number of hydrazone groups is 1. The molecule has 0 aliphatic carbocycles. The van der Waals surface area contributed by atoms with Gasteiger partial charge < -0.3 is 4.74 Å². The molecule has 2 amide bonds. The average molecular weight is 506 g/mol. The van der Waals surface area contributed by atoms with E-state index in [1.54, 1.807) is 19.2 Å². The van der Waals surface area contributed by atoms with Gasteiger partial charge >= 0.3 is 0 Å². The molecule has 0 saturated heterocycles. The van der Waals surface area contributed by atoms with Gasteiger partial charge in [0.25, 0.3) is 11.8 Å². The van der Waals surface area contributed by atoms with Gasteiger partial charge in [-0.05, 0) is 35.4 Å². The normalized spacial score (nSPS) is 19.2. The Morgan fingerprint density at radius 3 is 2.57 bits per heavy atom. The molecule has 6 nitrogen and oxygen atoms in total. The van der Waals surface area contributed by atoms with E-state index in [0.717, 1.165) is 21.9 Å². The summed E-state index contributed by atoms with van der Waals surface area (Å²) in [5.74, 6) is -1.07. The number of carbonyl (C=O) groups is 2. The minimum Gasteiger partial charge on any atom is -0.496 e. The molecule has 35 heavy (non-hydrogen) atoms. The zero-order valence-corrected chi connectivity index (χ0v) is 20.3. The van der Waals surface area contributed by atoms with Crippen LogP contribution in [0.25, 0.3) is 5.57 Å². The summed E-state index contributed by atoms with van der Waals surface area (Å²) in [5.41, 5.74) is 2.96. The van der Waals surface area contributed by atoms with Crippen molar-refractivity contribution in [3.05, 3.63) is 99.5 Å². The number of nitrogens with zero attached hydrogens (tertiary/aromatic N) is 3. The summed E-state index contributed by atoms with van der Waals surface area (Å²) in [4.78, 5) is 30.6. The van der Waals surface area contributed by atoms with Crippen molar-refractivity contribution in [1.82, 2.24) is 5.01 Å². The van der Waals surface area contributed by atoms with Crippen LogP contribution >= 0.6 is 23.2 Å². The molecule has 0 bridgehead atoms. The van der Waals surface area contributed by atoms with Crippen molar-refractivity contribution in [3.63, 3.8) is 0 Å². The number of fused-ring (bicyclic) bond motifs is 1. The van der Waals surface area contributed by atoms with E-state index in [1.807, 2.05) is 60.7 Å². The van der Waals surface area contributed by atoms with Crippen LogP contribution in [0.2, 0.25) is 5.02 Å². The molecule has 0 saturated carbocycles. The molecule has 2 heterocycles. The molecular formula is C27H21Cl2N3O3. The van der Waals surface area contributed by atoms with Gasteiger partial charge in [0.05, 0.1) is 24.2 Å². The van der Waals surface area contributed by atoms with Gasteiger partial charge in [-0.1, -0.05) is 60.1 Å². The van der Waals surface area contributed by atoms with Crippen LogP contribution in [0, 0.1) is 5.92 Å². The van der Waals surface area contributed by atoms with Crippen molar-refractivity contribution in [2.24, 2.45) is 16.0 Å². The molecule has 3 aromatic rings. The van der Waals surface area contributed by atoms with Gasteiger partial charge in [0.2, 0.25) is 0 Å². The molecule has 2 aliphatic rings. The number of methoxy groups -OCH3 is 1. The zero-order chi connectivity index (χ0) is 24.5. The number of hydrogen-bond donors (Lipinski definition) is 0. The highest BCUT2D eigenvalue weighted by Gasteiger charge is 2.41. The lowest BCUT2D eigenvalue weighted by Gasteiger charge is -2.23. The maximum absolute atomic E-state index is 13.5. The molecule has 3 aromatic carbocycles. The second kappa shape index (κ2) is 9.64. The molecule has 2 atom stereocenters. The highest BCUT2D eigenvalue weighted by atomic mass is 35.5. The third-order valence-corrected chi connectivity index (χ3v) is 6.70. The summed E-state index contributed by atoms with van der Waals surface area (Å²) >= 11 is 12.3. The third kappa shape index (κ3) is 4.24. The van der Waals surface area contributed by atoms with Crippen LogP contribution in [0.15, 0.2) is 82.9 Å². The van der Waals surface area contributed by atoms with Crippen LogP contribution in [-0.2, 0) is 9.59 Å². The maximum atomic E-state index is 13.5. The predicted molar refractivity (Wildman–Crippen MR) is 135 cm³/mol. The minimum atomic E-state index is -0.770. The molecule has 176 valence electrons. The first-order chi connectivity index (χ1) is 17.0. The third-order valence-electron chi connectivity index (χ3n) is 6.23. The first kappa shape index (κ1) is 23.3. The Balaban J connectivity index is 1.69. The zero-order valence-electron chi connectivity index (χ0n) is 18.8. The highest BCUT2D eigenvalue weighted by molar-refractivity contribution is 6.30. The number of ether oxygens (including phenoxy) is 1. The second-order valence-corrected chi connectivity index (χ2v) is 8.95. The first-order valence-corrected chi connectivity index (χ1v) is 12.0. The van der Waals surface area contributed by atoms with E-state index in [9.17, 15) is 9.59 Å². The van der Waals surface area contributed by atoms with Crippen LogP contribution in [0.3, 0.4) is 0 Å². The number of halogens is 2. The first-order valence-electron chi connectivity index (χ1n) is 11.1. The Morgan fingerprint density at radius 2 is 1.83 bits per heavy atom. The van der Waals surface area contributed by atoms with Gasteiger partial charge in [-0.2, -0.15) is 5.10 Å². The largest absolute Gasteiger partial charge is 0.496 e. The van der Waals surface area contributed by atoms with E-state index in [-0.39, 0.29) is 17.7 Å². The lowest BCUT2D eigenvalue weighted by molar-refractivity contribution is -0.130. The van der Waals surface area contributed by atoms with Crippen molar-refractivity contribution in [2.75, 3.05) is 13.0 Å². The molecule has 0 radical (unpaired) electrons. The molecule has 8 heteroatoms. The van der Waals surface area contributed by atoms with Gasteiger partial charge in [0.1, 0.15) is 17.5 Å². The monoisotopic (exact) mass is 505 g/mol. The molecular weight excluding hydrogens is 485 g/mol. The quantitative estimate of drug-likeness (QED) is 0.493. The van der Waals surface area contributed by atoms with Crippen LogP contribution in [-0.4, -0.2) is 35.5 Å². The van der Waals surface area contributed by atoms with E-state index in [2.05, 4.69) is 10.1 Å². The van der Waals surface area contributed by atoms with E-state index >= 15 is 0 Å². The van der Waals surface area contributed by atoms with Crippen molar-refractivity contribution in [3.8, 4) is 5.75 Å². The van der Waals surface area contributed by atoms with Gasteiger partial charge in [-0.3, -0.25) is 9.59 Å². The SMILES string of the molecule is COc1ccccc1C1CC(C2C(=O)N=c3ccc(Cl)cc3=C2c2ccccc2)=NN1C(=O)CCl. The van der Waals surface area contributed by atoms with Crippen LogP contribution in [0.5, 0.6) is 5.75 Å². The van der Waals surface area contributed by atoms with Gasteiger partial charge in [-0.25, -0.2) is 10.0 Å². The summed E-state index contributed by atoms with van der Waals surface area (Å²) in [5, 5.41) is 7.90. The van der Waals surface area contributed by atoms with Gasteiger partial charge in [-0.15, -0.1) is 11.6 Å². The number of rotatable bonds is 5. The number of carbonyl (C=O) groups excluding carboxylic acids is 2. The van der Waals surface area contributed by atoms with E-state index < -0.39 is 12.0 Å². The fourth-order valence-electron chi connectivity index (χ4n) is 4.72. The molecule has 2 unspecified atom stereocenters. The highest BCUT2D eigenvalue weighted by Crippen LogP contribution is 2.40. The van der Waals surface area contributed by atoms with Gasteiger partial charge in [0, 0.05) is 22.2 Å². The Bertz CT molecular complexity index is 1470. The average Bonchev–Trinajstić information content (AvgIpc) is 3.33. The van der Waals surface area contributed by atoms with Crippen LogP contribution in [0.4, 0.5) is 0 Å². The van der Waals surface area contributed by atoms with Crippen LogP contribution < -0.4 is 15.3 Å². The van der Waals surface area contributed by atoms with E-state index in [0.29, 0.717) is 28.3 Å². The van der Waals surface area contributed by atoms with E-state index in [1.165, 1.54) is 5.01 Å². The van der Waals surface area contributed by atoms with Crippen molar-refractivity contribution in [2.45, 2.75) is 12.5 Å². The Hall–Kier alpha value is -3.48. The Kier molecular flexibility index (Phi) is 6.41. The number of benzene rings is 3. The fourth-order valence-corrected chi connectivity index (χ4v) is 5.01. The minimum absolute atomic E-state index is 0.237. The molecule has 0 N–H and O–H groups in total. The molecule has 0 fully saturated rings. The van der Waals surface area contributed by atoms with Crippen LogP contribution in [0.1, 0.15) is 23.6 Å². The molecule has 2 aliphatic heterocycles. The Morgan fingerprint density at radius 1 is 1.09 bits per heavy atom. The number of para-hydroxylation sites is 1. The fraction of sp³-hybridized carbons (Fsp3) is 0.185. The van der Waals surface area contributed by atoms with Crippen molar-refractivity contribution in [1.29, 1.82) is 0 Å². The number of amides is 2. The lowest BCUT2D eigenvalue weighted by Crippen LogP contribution is -2.40. The summed E-state index contributed by atoms with van der Waals surface area (Å²) in [6, 6.07) is 21.9. The predicted octanol–water partition coefficient (Wildman–Crippen LogP) is 3.89. The van der Waals surface area contributed by atoms with Crippen molar-refractivity contribution < 1.29 is 14.3 Å². The van der Waals surface area contributed by atoms with Crippen molar-refractivity contribution >= 4 is 46.3 Å². The molecule has 5 rings (SSSR count). The van der Waals surface area contributed by atoms with E-state index in [4.69, 9.17) is 27.9 Å². The Labute approximate surface area is 212 Å². The summed E-state index contributed by atoms with van der Waals surface area (Å²) < 4.78 is 5.54. The summed E-state index contributed by atoms with van der Waals surface area (Å²) in [6.07, 6.45) is 0.334. The maximum Gasteiger partial charge on any atom is 0.259 e. The smallest absolute Gasteiger partial charge is 0.259 e. The number of alkyl halides is 1. The summed E-state index contributed by atoms with van der Waals surface area (Å²) in [6.45, 7) is 0. The standard InChI is InChI=1S/C27H21Cl2N3O3/c1-35-23-10-6-5-9-18(23)22-14-21(31-32(22)24(33)15-28)26-25(16-7-3-2-4-8-16)19-13-17(29)11-12-20(19)30-27(26)34/h2-13,22,26H,14-15H2,1H3. The molecule has 0 aromatic heterocycles.